The van der Waals surface area contributed by atoms with Crippen molar-refractivity contribution in [3.05, 3.63) is 12.4 Å². The van der Waals surface area contributed by atoms with Crippen molar-refractivity contribution in [3.8, 4) is 5.88 Å². The first-order valence-electron chi connectivity index (χ1n) is 5.18. The molecule has 0 saturated heterocycles. The molecule has 2 unspecified atom stereocenters. The lowest BCUT2D eigenvalue weighted by molar-refractivity contribution is 0.397. The van der Waals surface area contributed by atoms with Gasteiger partial charge in [-0.3, -0.25) is 0 Å². The van der Waals surface area contributed by atoms with Gasteiger partial charge in [0.05, 0.1) is 7.11 Å². The maximum absolute atomic E-state index is 5.96. The van der Waals surface area contributed by atoms with Crippen LogP contribution in [0.1, 0.15) is 19.3 Å². The first-order chi connectivity index (χ1) is 7.29. The normalized spacial score (nSPS) is 25.2. The fraction of sp³-hybridized carbons (Fsp3) is 0.600. The predicted molar refractivity (Wildman–Crippen MR) is 57.8 cm³/mol. The van der Waals surface area contributed by atoms with Gasteiger partial charge in [-0.2, -0.15) is 0 Å². The summed E-state index contributed by atoms with van der Waals surface area (Å²) in [6.07, 6.45) is 4.86. The van der Waals surface area contributed by atoms with Gasteiger partial charge in [-0.05, 0) is 19.3 Å². The number of ether oxygens (including phenoxy) is 1. The zero-order chi connectivity index (χ0) is 10.7. The lowest BCUT2D eigenvalue weighted by Gasteiger charge is -2.17. The predicted octanol–water partition coefficient (Wildman–Crippen LogP) is 0.777. The van der Waals surface area contributed by atoms with E-state index in [-0.39, 0.29) is 6.04 Å². The molecule has 0 bridgehead atoms. The van der Waals surface area contributed by atoms with Crippen molar-refractivity contribution in [2.24, 2.45) is 5.73 Å². The number of hydrogen-bond acceptors (Lipinski definition) is 5. The van der Waals surface area contributed by atoms with E-state index in [4.69, 9.17) is 10.5 Å². The zero-order valence-electron chi connectivity index (χ0n) is 8.81. The lowest BCUT2D eigenvalue weighted by atomic mass is 10.2. The van der Waals surface area contributed by atoms with Gasteiger partial charge in [0.25, 0.3) is 0 Å². The molecule has 1 saturated carbocycles. The van der Waals surface area contributed by atoms with Crippen molar-refractivity contribution in [2.45, 2.75) is 31.3 Å². The maximum Gasteiger partial charge on any atom is 0.218 e. The molecule has 1 aromatic rings. The summed E-state index contributed by atoms with van der Waals surface area (Å²) < 4.78 is 5.02. The highest BCUT2D eigenvalue weighted by molar-refractivity contribution is 5.38. The highest BCUT2D eigenvalue weighted by Gasteiger charge is 2.23. The highest BCUT2D eigenvalue weighted by Crippen LogP contribution is 2.21. The molecule has 2 atom stereocenters. The highest BCUT2D eigenvalue weighted by atomic mass is 16.5. The summed E-state index contributed by atoms with van der Waals surface area (Å²) in [4.78, 5) is 8.07. The first-order valence-corrected chi connectivity index (χ1v) is 5.18. The van der Waals surface area contributed by atoms with Crippen LogP contribution in [0.4, 0.5) is 5.82 Å². The SMILES string of the molecule is COc1cc(NC2CCCC2N)ncn1. The molecule has 1 aromatic heterocycles. The molecule has 5 nitrogen and oxygen atoms in total. The third-order valence-electron chi connectivity index (χ3n) is 2.75. The van der Waals surface area contributed by atoms with Gasteiger partial charge in [0.1, 0.15) is 12.1 Å². The Morgan fingerprint density at radius 2 is 2.33 bits per heavy atom. The molecule has 1 aliphatic rings. The van der Waals surface area contributed by atoms with E-state index < -0.39 is 0 Å². The van der Waals surface area contributed by atoms with Crippen LogP contribution in [-0.4, -0.2) is 29.2 Å². The van der Waals surface area contributed by atoms with E-state index in [1.54, 1.807) is 13.2 Å². The van der Waals surface area contributed by atoms with E-state index in [1.807, 2.05) is 0 Å². The monoisotopic (exact) mass is 208 g/mol. The Kier molecular flexibility index (Phi) is 3.01. The van der Waals surface area contributed by atoms with Gasteiger partial charge >= 0.3 is 0 Å². The molecular weight excluding hydrogens is 192 g/mol. The van der Waals surface area contributed by atoms with Crippen LogP contribution in [0.3, 0.4) is 0 Å². The van der Waals surface area contributed by atoms with Crippen molar-refractivity contribution in [1.82, 2.24) is 9.97 Å². The van der Waals surface area contributed by atoms with Gasteiger partial charge in [-0.15, -0.1) is 0 Å². The molecule has 0 spiro atoms. The molecule has 15 heavy (non-hydrogen) atoms. The summed E-state index contributed by atoms with van der Waals surface area (Å²) >= 11 is 0. The van der Waals surface area contributed by atoms with Crippen LogP contribution in [0, 0.1) is 0 Å². The number of hydrogen-bond donors (Lipinski definition) is 2. The number of aromatic nitrogens is 2. The third kappa shape index (κ3) is 2.36. The second-order valence-electron chi connectivity index (χ2n) is 3.79. The molecule has 1 fully saturated rings. The Bertz CT molecular complexity index is 331. The zero-order valence-corrected chi connectivity index (χ0v) is 8.81. The van der Waals surface area contributed by atoms with Gasteiger partial charge in [-0.25, -0.2) is 9.97 Å². The molecular formula is C10H16N4O. The van der Waals surface area contributed by atoms with Crippen molar-refractivity contribution < 1.29 is 4.74 Å². The van der Waals surface area contributed by atoms with Gasteiger partial charge in [0.15, 0.2) is 0 Å². The van der Waals surface area contributed by atoms with Crippen LogP contribution < -0.4 is 15.8 Å². The molecule has 0 aliphatic heterocycles. The number of nitrogens with zero attached hydrogens (tertiary/aromatic N) is 2. The minimum Gasteiger partial charge on any atom is -0.481 e. The second-order valence-corrected chi connectivity index (χ2v) is 3.79. The van der Waals surface area contributed by atoms with Crippen molar-refractivity contribution in [1.29, 1.82) is 0 Å². The average Bonchev–Trinajstić information content (AvgIpc) is 2.65. The van der Waals surface area contributed by atoms with E-state index in [1.165, 1.54) is 12.7 Å². The average molecular weight is 208 g/mol. The first kappa shape index (κ1) is 10.2. The molecule has 1 aliphatic carbocycles. The molecule has 2 rings (SSSR count). The quantitative estimate of drug-likeness (QED) is 0.767. The Labute approximate surface area is 89.1 Å². The Balaban J connectivity index is 2.03. The molecule has 3 N–H and O–H groups in total. The van der Waals surface area contributed by atoms with Crippen molar-refractivity contribution >= 4 is 5.82 Å². The minimum absolute atomic E-state index is 0.228. The number of anilines is 1. The molecule has 0 aromatic carbocycles. The summed E-state index contributed by atoms with van der Waals surface area (Å²) in [5.41, 5.74) is 5.96. The largest absolute Gasteiger partial charge is 0.481 e. The molecule has 0 amide bonds. The number of methoxy groups -OCH3 is 1. The van der Waals surface area contributed by atoms with Crippen molar-refractivity contribution in [3.63, 3.8) is 0 Å². The van der Waals surface area contributed by atoms with Gasteiger partial charge in [0.2, 0.25) is 5.88 Å². The summed E-state index contributed by atoms with van der Waals surface area (Å²) in [5, 5.41) is 3.31. The smallest absolute Gasteiger partial charge is 0.218 e. The number of rotatable bonds is 3. The Hall–Kier alpha value is -1.36. The van der Waals surface area contributed by atoms with E-state index in [2.05, 4.69) is 15.3 Å². The van der Waals surface area contributed by atoms with Gasteiger partial charge < -0.3 is 15.8 Å². The Morgan fingerprint density at radius 3 is 3.00 bits per heavy atom. The summed E-state index contributed by atoms with van der Waals surface area (Å²) in [6, 6.07) is 2.33. The molecule has 5 heteroatoms. The Morgan fingerprint density at radius 1 is 1.47 bits per heavy atom. The van der Waals surface area contributed by atoms with Crippen LogP contribution in [0.25, 0.3) is 0 Å². The van der Waals surface area contributed by atoms with Crippen LogP contribution in [0.5, 0.6) is 5.88 Å². The molecule has 82 valence electrons. The van der Waals surface area contributed by atoms with Crippen molar-refractivity contribution in [2.75, 3.05) is 12.4 Å². The minimum atomic E-state index is 0.228. The van der Waals surface area contributed by atoms with Crippen LogP contribution in [-0.2, 0) is 0 Å². The van der Waals surface area contributed by atoms with Crippen LogP contribution in [0.2, 0.25) is 0 Å². The van der Waals surface area contributed by atoms with E-state index >= 15 is 0 Å². The number of nitrogens with two attached hydrogens (primary N) is 1. The second kappa shape index (κ2) is 4.44. The summed E-state index contributed by atoms with van der Waals surface area (Å²) in [5.74, 6) is 1.35. The van der Waals surface area contributed by atoms with Gasteiger partial charge in [0, 0.05) is 18.2 Å². The fourth-order valence-corrected chi connectivity index (χ4v) is 1.89. The van der Waals surface area contributed by atoms with E-state index in [0.717, 1.165) is 18.7 Å². The summed E-state index contributed by atoms with van der Waals surface area (Å²) in [6.45, 7) is 0. The summed E-state index contributed by atoms with van der Waals surface area (Å²) in [7, 11) is 1.59. The lowest BCUT2D eigenvalue weighted by Crippen LogP contribution is -2.35. The molecule has 1 heterocycles. The fourth-order valence-electron chi connectivity index (χ4n) is 1.89. The van der Waals surface area contributed by atoms with E-state index in [9.17, 15) is 0 Å². The number of nitrogens with one attached hydrogen (secondary N) is 1. The molecule has 0 radical (unpaired) electrons. The standard InChI is InChI=1S/C10H16N4O/c1-15-10-5-9(12-6-13-10)14-8-4-2-3-7(8)11/h5-8H,2-4,11H2,1H3,(H,12,13,14). The van der Waals surface area contributed by atoms with Gasteiger partial charge in [-0.1, -0.05) is 0 Å². The maximum atomic E-state index is 5.96. The van der Waals surface area contributed by atoms with Crippen LogP contribution in [0.15, 0.2) is 12.4 Å². The van der Waals surface area contributed by atoms with Crippen LogP contribution >= 0.6 is 0 Å². The van der Waals surface area contributed by atoms with E-state index in [0.29, 0.717) is 11.9 Å². The topological polar surface area (TPSA) is 73.1 Å². The third-order valence-corrected chi connectivity index (χ3v) is 2.75.